The minimum absolute atomic E-state index is 0.121. The SMILES string of the molecule is COc1ccccc1COCCCOc1ccc(C2CCN(C(=O)OCc3ccccc3)CC2OCc2cccc3[nH]ccc23)cc1. The summed E-state index contributed by atoms with van der Waals surface area (Å²) in [4.78, 5) is 18.1. The summed E-state index contributed by atoms with van der Waals surface area (Å²) >= 11 is 0. The number of nitrogens with zero attached hydrogens (tertiary/aromatic N) is 1. The van der Waals surface area contributed by atoms with E-state index in [1.807, 2.05) is 79.0 Å². The molecule has 1 aliphatic heterocycles. The Morgan fingerprint density at radius 1 is 0.830 bits per heavy atom. The van der Waals surface area contributed by atoms with Crippen LogP contribution >= 0.6 is 0 Å². The van der Waals surface area contributed by atoms with E-state index in [1.54, 1.807) is 12.0 Å². The molecule has 2 unspecified atom stereocenters. The zero-order chi connectivity index (χ0) is 32.3. The molecule has 2 heterocycles. The van der Waals surface area contributed by atoms with Gasteiger partial charge in [-0.25, -0.2) is 4.79 Å². The van der Waals surface area contributed by atoms with Gasteiger partial charge in [-0.1, -0.05) is 72.8 Å². The lowest BCUT2D eigenvalue weighted by Gasteiger charge is -2.38. The van der Waals surface area contributed by atoms with Crippen molar-refractivity contribution < 1.29 is 28.5 Å². The highest BCUT2D eigenvalue weighted by atomic mass is 16.6. The first-order valence-electron chi connectivity index (χ1n) is 16.2. The van der Waals surface area contributed by atoms with Gasteiger partial charge in [-0.2, -0.15) is 0 Å². The summed E-state index contributed by atoms with van der Waals surface area (Å²) in [5.41, 5.74) is 5.36. The van der Waals surface area contributed by atoms with E-state index in [0.717, 1.165) is 51.9 Å². The lowest BCUT2D eigenvalue weighted by atomic mass is 9.87. The van der Waals surface area contributed by atoms with Crippen LogP contribution in [0.3, 0.4) is 0 Å². The Labute approximate surface area is 276 Å². The average Bonchev–Trinajstić information content (AvgIpc) is 3.62. The fourth-order valence-electron chi connectivity index (χ4n) is 6.08. The first kappa shape index (κ1) is 32.2. The van der Waals surface area contributed by atoms with Gasteiger partial charge in [0.05, 0.1) is 46.2 Å². The highest BCUT2D eigenvalue weighted by Gasteiger charge is 2.34. The van der Waals surface area contributed by atoms with Gasteiger partial charge in [0.1, 0.15) is 18.1 Å². The van der Waals surface area contributed by atoms with Crippen molar-refractivity contribution in [2.45, 2.75) is 44.7 Å². The molecule has 1 N–H and O–H groups in total. The summed E-state index contributed by atoms with van der Waals surface area (Å²) in [5.74, 6) is 1.77. The van der Waals surface area contributed by atoms with Gasteiger partial charge in [-0.15, -0.1) is 0 Å². The highest BCUT2D eigenvalue weighted by Crippen LogP contribution is 2.33. The third kappa shape index (κ3) is 8.52. The summed E-state index contributed by atoms with van der Waals surface area (Å²) in [6, 6.07) is 34.2. The minimum atomic E-state index is -0.315. The number of amides is 1. The van der Waals surface area contributed by atoms with Crippen LogP contribution in [0.1, 0.15) is 41.0 Å². The van der Waals surface area contributed by atoms with Gasteiger partial charge in [0.15, 0.2) is 0 Å². The molecule has 1 aromatic heterocycles. The molecule has 0 spiro atoms. The Balaban J connectivity index is 1.04. The smallest absolute Gasteiger partial charge is 0.410 e. The normalized spacial score (nSPS) is 16.2. The number of aromatic amines is 1. The van der Waals surface area contributed by atoms with Crippen LogP contribution in [0.4, 0.5) is 4.79 Å². The first-order valence-corrected chi connectivity index (χ1v) is 16.2. The Morgan fingerprint density at radius 2 is 1.64 bits per heavy atom. The van der Waals surface area contributed by atoms with Crippen LogP contribution in [0.25, 0.3) is 10.9 Å². The number of likely N-dealkylation sites (tertiary alicyclic amines) is 1. The van der Waals surface area contributed by atoms with Gasteiger partial charge in [0, 0.05) is 41.5 Å². The maximum Gasteiger partial charge on any atom is 0.410 e. The Bertz CT molecular complexity index is 1700. The van der Waals surface area contributed by atoms with Crippen molar-refractivity contribution in [1.82, 2.24) is 9.88 Å². The van der Waals surface area contributed by atoms with Crippen LogP contribution in [-0.2, 0) is 34.0 Å². The number of aromatic nitrogens is 1. The second-order valence-corrected chi connectivity index (χ2v) is 11.7. The van der Waals surface area contributed by atoms with E-state index in [4.69, 9.17) is 23.7 Å². The molecule has 5 aromatic rings. The van der Waals surface area contributed by atoms with Gasteiger partial charge in [0.2, 0.25) is 0 Å². The molecule has 1 aliphatic rings. The highest BCUT2D eigenvalue weighted by molar-refractivity contribution is 5.82. The lowest BCUT2D eigenvalue weighted by molar-refractivity contribution is -0.0242. The van der Waals surface area contributed by atoms with Gasteiger partial charge in [-0.3, -0.25) is 0 Å². The molecule has 47 heavy (non-hydrogen) atoms. The number of piperidine rings is 1. The molecule has 2 atom stereocenters. The number of para-hydroxylation sites is 1. The zero-order valence-electron chi connectivity index (χ0n) is 26.8. The number of ether oxygens (including phenoxy) is 5. The maximum absolute atomic E-state index is 13.1. The van der Waals surface area contributed by atoms with Crippen molar-refractivity contribution in [1.29, 1.82) is 0 Å². The number of H-pyrrole nitrogens is 1. The van der Waals surface area contributed by atoms with Crippen LogP contribution < -0.4 is 9.47 Å². The molecule has 0 saturated carbocycles. The molecule has 244 valence electrons. The molecular weight excluding hydrogens is 592 g/mol. The Kier molecular flexibility index (Phi) is 11.1. The summed E-state index contributed by atoms with van der Waals surface area (Å²) in [5, 5.41) is 1.14. The quantitative estimate of drug-likeness (QED) is 0.125. The van der Waals surface area contributed by atoms with E-state index >= 15 is 0 Å². The number of rotatable bonds is 14. The number of benzene rings is 4. The number of hydrogen-bond acceptors (Lipinski definition) is 6. The number of fused-ring (bicyclic) bond motifs is 1. The van der Waals surface area contributed by atoms with Crippen molar-refractivity contribution >= 4 is 17.0 Å². The van der Waals surface area contributed by atoms with E-state index in [-0.39, 0.29) is 24.7 Å². The van der Waals surface area contributed by atoms with Crippen LogP contribution in [0.15, 0.2) is 109 Å². The first-order chi connectivity index (χ1) is 23.2. The fourth-order valence-corrected chi connectivity index (χ4v) is 6.08. The van der Waals surface area contributed by atoms with Crippen LogP contribution in [0, 0.1) is 0 Å². The van der Waals surface area contributed by atoms with Crippen molar-refractivity contribution in [3.8, 4) is 11.5 Å². The van der Waals surface area contributed by atoms with Crippen molar-refractivity contribution in [3.05, 3.63) is 132 Å². The number of carbonyl (C=O) groups is 1. The molecule has 8 heteroatoms. The molecule has 4 aromatic carbocycles. The molecule has 0 bridgehead atoms. The van der Waals surface area contributed by atoms with Crippen LogP contribution in [0.2, 0.25) is 0 Å². The monoisotopic (exact) mass is 634 g/mol. The minimum Gasteiger partial charge on any atom is -0.496 e. The van der Waals surface area contributed by atoms with E-state index < -0.39 is 0 Å². The Morgan fingerprint density at radius 3 is 2.49 bits per heavy atom. The summed E-state index contributed by atoms with van der Waals surface area (Å²) in [6.07, 6.45) is 2.97. The summed E-state index contributed by atoms with van der Waals surface area (Å²) in [7, 11) is 1.67. The molecular formula is C39H42N2O6. The molecule has 6 rings (SSSR count). The van der Waals surface area contributed by atoms with Gasteiger partial charge in [-0.05, 0) is 53.4 Å². The predicted molar refractivity (Wildman–Crippen MR) is 182 cm³/mol. The van der Waals surface area contributed by atoms with E-state index in [9.17, 15) is 4.79 Å². The number of carbonyl (C=O) groups excluding carboxylic acids is 1. The third-order valence-corrected chi connectivity index (χ3v) is 8.62. The molecule has 1 saturated heterocycles. The van der Waals surface area contributed by atoms with E-state index in [0.29, 0.717) is 39.5 Å². The second kappa shape index (κ2) is 16.2. The van der Waals surface area contributed by atoms with Crippen LogP contribution in [-0.4, -0.2) is 55.5 Å². The standard InChI is InChI=1S/C39H42N2O6/c1-43-37-14-6-5-11-32(37)27-44-23-8-24-45-33-17-15-30(16-18-33)35-20-22-41(39(42)47-26-29-9-3-2-4-10-29)25-38(35)46-28-31-12-7-13-36-34(31)19-21-40-36/h2-7,9-19,21,35,38,40H,8,20,22-28H2,1H3. The topological polar surface area (TPSA) is 82.2 Å². The van der Waals surface area contributed by atoms with E-state index in [2.05, 4.69) is 35.3 Å². The number of methoxy groups -OCH3 is 1. The van der Waals surface area contributed by atoms with Gasteiger partial charge >= 0.3 is 6.09 Å². The van der Waals surface area contributed by atoms with Crippen molar-refractivity contribution in [2.24, 2.45) is 0 Å². The fraction of sp³-hybridized carbons (Fsp3) is 0.308. The third-order valence-electron chi connectivity index (χ3n) is 8.62. The summed E-state index contributed by atoms with van der Waals surface area (Å²) < 4.78 is 29.5. The largest absolute Gasteiger partial charge is 0.496 e. The lowest BCUT2D eigenvalue weighted by Crippen LogP contribution is -2.47. The van der Waals surface area contributed by atoms with Crippen molar-refractivity contribution in [3.63, 3.8) is 0 Å². The van der Waals surface area contributed by atoms with Crippen LogP contribution in [0.5, 0.6) is 11.5 Å². The molecule has 0 aliphatic carbocycles. The number of hydrogen-bond donors (Lipinski definition) is 1. The second-order valence-electron chi connectivity index (χ2n) is 11.7. The van der Waals surface area contributed by atoms with Gasteiger partial charge < -0.3 is 33.6 Å². The maximum atomic E-state index is 13.1. The molecule has 1 amide bonds. The number of nitrogens with one attached hydrogen (secondary N) is 1. The summed E-state index contributed by atoms with van der Waals surface area (Å²) in [6.45, 7) is 3.40. The van der Waals surface area contributed by atoms with Gasteiger partial charge in [0.25, 0.3) is 0 Å². The van der Waals surface area contributed by atoms with E-state index in [1.165, 1.54) is 5.56 Å². The zero-order valence-corrected chi connectivity index (χ0v) is 26.8. The molecule has 0 radical (unpaired) electrons. The van der Waals surface area contributed by atoms with Crippen molar-refractivity contribution in [2.75, 3.05) is 33.4 Å². The average molecular weight is 635 g/mol. The Hall–Kier alpha value is -4.79. The predicted octanol–water partition coefficient (Wildman–Crippen LogP) is 7.87. The molecule has 1 fully saturated rings. The molecule has 8 nitrogen and oxygen atoms in total.